The number of ether oxygens (including phenoxy) is 1. The van der Waals surface area contributed by atoms with E-state index >= 15 is 0 Å². The predicted molar refractivity (Wildman–Crippen MR) is 67.8 cm³/mol. The number of alkyl halides is 3. The normalized spacial score (nSPS) is 11.4. The van der Waals surface area contributed by atoms with Crippen LogP contribution in [0.2, 0.25) is 0 Å². The van der Waals surface area contributed by atoms with E-state index in [1.807, 2.05) is 0 Å². The summed E-state index contributed by atoms with van der Waals surface area (Å²) >= 11 is 2.90. The first kappa shape index (κ1) is 14.6. The summed E-state index contributed by atoms with van der Waals surface area (Å²) in [5.74, 6) is -1.57. The zero-order valence-corrected chi connectivity index (χ0v) is 11.3. The van der Waals surface area contributed by atoms with E-state index in [1.54, 1.807) is 0 Å². The van der Waals surface area contributed by atoms with Gasteiger partial charge in [-0.1, -0.05) is 0 Å². The average molecular weight is 351 g/mol. The maximum Gasteiger partial charge on any atom is 0.421 e. The van der Waals surface area contributed by atoms with E-state index in [-0.39, 0.29) is 15.9 Å². The lowest BCUT2D eigenvalue weighted by atomic mass is 10.2. The second-order valence-electron chi connectivity index (χ2n) is 3.79. The fraction of sp³-hybridized carbons (Fsp3) is 0.0833. The van der Waals surface area contributed by atoms with E-state index in [0.29, 0.717) is 0 Å². The van der Waals surface area contributed by atoms with Crippen molar-refractivity contribution in [1.29, 1.82) is 0 Å². The van der Waals surface area contributed by atoms with Gasteiger partial charge in [-0.05, 0) is 34.1 Å². The highest BCUT2D eigenvalue weighted by Crippen LogP contribution is 2.38. The van der Waals surface area contributed by atoms with Crippen LogP contribution in [0, 0.1) is 5.82 Å². The van der Waals surface area contributed by atoms with Gasteiger partial charge in [0, 0.05) is 16.7 Å². The van der Waals surface area contributed by atoms with Crippen LogP contribution in [0.3, 0.4) is 0 Å². The molecule has 2 rings (SSSR count). The van der Waals surface area contributed by atoms with Crippen molar-refractivity contribution in [3.05, 3.63) is 46.3 Å². The third kappa shape index (κ3) is 3.19. The number of hydrogen-bond acceptors (Lipinski definition) is 3. The first-order valence-electron chi connectivity index (χ1n) is 5.23. The SMILES string of the molecule is Nc1ccc(Oc2ncc(Br)cc2C(F)(F)F)cc1F. The lowest BCUT2D eigenvalue weighted by molar-refractivity contribution is -0.138. The van der Waals surface area contributed by atoms with Gasteiger partial charge in [-0.2, -0.15) is 13.2 Å². The Morgan fingerprint density at radius 3 is 2.50 bits per heavy atom. The molecule has 0 unspecified atom stereocenters. The van der Waals surface area contributed by atoms with Crippen molar-refractivity contribution in [2.45, 2.75) is 6.18 Å². The van der Waals surface area contributed by atoms with Crippen molar-refractivity contribution in [2.75, 3.05) is 5.73 Å². The van der Waals surface area contributed by atoms with Gasteiger partial charge in [0.05, 0.1) is 5.69 Å². The number of halogens is 5. The third-order valence-corrected chi connectivity index (χ3v) is 2.74. The number of anilines is 1. The molecule has 8 heteroatoms. The molecule has 1 aromatic heterocycles. The summed E-state index contributed by atoms with van der Waals surface area (Å²) in [4.78, 5) is 3.55. The van der Waals surface area contributed by atoms with Gasteiger partial charge in [0.1, 0.15) is 17.1 Å². The molecule has 1 aromatic carbocycles. The number of aromatic nitrogens is 1. The zero-order valence-electron chi connectivity index (χ0n) is 9.71. The Balaban J connectivity index is 2.40. The first-order valence-corrected chi connectivity index (χ1v) is 6.02. The van der Waals surface area contributed by atoms with Crippen LogP contribution in [0.25, 0.3) is 0 Å². The highest BCUT2D eigenvalue weighted by atomic mass is 79.9. The molecule has 0 saturated heterocycles. The number of nitrogen functional groups attached to an aromatic ring is 1. The number of rotatable bonds is 2. The third-order valence-electron chi connectivity index (χ3n) is 2.31. The van der Waals surface area contributed by atoms with Gasteiger partial charge in [-0.25, -0.2) is 9.37 Å². The van der Waals surface area contributed by atoms with Gasteiger partial charge < -0.3 is 10.5 Å². The lowest BCUT2D eigenvalue weighted by Crippen LogP contribution is -2.08. The average Bonchev–Trinajstić information content (AvgIpc) is 2.35. The Labute approximate surface area is 119 Å². The summed E-state index contributed by atoms with van der Waals surface area (Å²) in [5.41, 5.74) is 4.08. The van der Waals surface area contributed by atoms with Gasteiger partial charge in [-0.15, -0.1) is 0 Å². The highest BCUT2D eigenvalue weighted by Gasteiger charge is 2.35. The monoisotopic (exact) mass is 350 g/mol. The maximum atomic E-state index is 13.2. The summed E-state index contributed by atoms with van der Waals surface area (Å²) in [6.45, 7) is 0. The van der Waals surface area contributed by atoms with Crippen molar-refractivity contribution in [3.8, 4) is 11.6 Å². The summed E-state index contributed by atoms with van der Waals surface area (Å²) in [6.07, 6.45) is -3.49. The predicted octanol–water partition coefficient (Wildman–Crippen LogP) is 4.38. The van der Waals surface area contributed by atoms with E-state index < -0.39 is 23.4 Å². The van der Waals surface area contributed by atoms with Crippen molar-refractivity contribution >= 4 is 21.6 Å². The minimum atomic E-state index is -4.64. The minimum absolute atomic E-state index is 0.128. The highest BCUT2D eigenvalue weighted by molar-refractivity contribution is 9.10. The Bertz CT molecular complexity index is 646. The molecule has 0 aliphatic carbocycles. The molecule has 0 saturated carbocycles. The van der Waals surface area contributed by atoms with E-state index in [0.717, 1.165) is 18.3 Å². The van der Waals surface area contributed by atoms with E-state index in [9.17, 15) is 17.6 Å². The molecule has 0 amide bonds. The summed E-state index contributed by atoms with van der Waals surface area (Å²) in [6, 6.07) is 4.16. The fourth-order valence-corrected chi connectivity index (χ4v) is 1.73. The van der Waals surface area contributed by atoms with Crippen LogP contribution in [0.4, 0.5) is 23.2 Å². The number of benzene rings is 1. The van der Waals surface area contributed by atoms with Crippen molar-refractivity contribution in [2.24, 2.45) is 0 Å². The topological polar surface area (TPSA) is 48.1 Å². The zero-order chi connectivity index (χ0) is 14.9. The Hall–Kier alpha value is -1.83. The Kier molecular flexibility index (Phi) is 3.85. The molecule has 2 N–H and O–H groups in total. The van der Waals surface area contributed by atoms with Crippen molar-refractivity contribution < 1.29 is 22.3 Å². The van der Waals surface area contributed by atoms with Crippen LogP contribution in [-0.2, 0) is 6.18 Å². The molecule has 20 heavy (non-hydrogen) atoms. The molecule has 1 heterocycles. The smallest absolute Gasteiger partial charge is 0.421 e. The fourth-order valence-electron chi connectivity index (χ4n) is 1.39. The van der Waals surface area contributed by atoms with Gasteiger partial charge in [0.25, 0.3) is 0 Å². The second-order valence-corrected chi connectivity index (χ2v) is 4.71. The van der Waals surface area contributed by atoms with Crippen LogP contribution in [0.15, 0.2) is 34.9 Å². The molecule has 3 nitrogen and oxygen atoms in total. The van der Waals surface area contributed by atoms with Crippen molar-refractivity contribution in [3.63, 3.8) is 0 Å². The molecule has 0 aliphatic rings. The Morgan fingerprint density at radius 1 is 1.20 bits per heavy atom. The minimum Gasteiger partial charge on any atom is -0.438 e. The molecule has 0 fully saturated rings. The number of hydrogen-bond donors (Lipinski definition) is 1. The largest absolute Gasteiger partial charge is 0.438 e. The van der Waals surface area contributed by atoms with Crippen LogP contribution in [0.5, 0.6) is 11.6 Å². The molecule has 0 atom stereocenters. The van der Waals surface area contributed by atoms with Crippen LogP contribution in [-0.4, -0.2) is 4.98 Å². The van der Waals surface area contributed by atoms with E-state index in [1.165, 1.54) is 12.1 Å². The number of nitrogens with zero attached hydrogens (tertiary/aromatic N) is 1. The van der Waals surface area contributed by atoms with Crippen LogP contribution in [0.1, 0.15) is 5.56 Å². The van der Waals surface area contributed by atoms with Crippen LogP contribution >= 0.6 is 15.9 Å². The second kappa shape index (κ2) is 5.28. The van der Waals surface area contributed by atoms with E-state index in [4.69, 9.17) is 10.5 Å². The standard InChI is InChI=1S/C12H7BrF4N2O/c13-6-3-8(12(15,16)17)11(19-5-6)20-7-1-2-10(18)9(14)4-7/h1-5H,18H2. The summed E-state index contributed by atoms with van der Waals surface area (Å²) < 4.78 is 56.9. The molecule has 0 spiro atoms. The number of nitrogens with two attached hydrogens (primary N) is 1. The lowest BCUT2D eigenvalue weighted by Gasteiger charge is -2.13. The molecule has 2 aromatic rings. The molecule has 0 aliphatic heterocycles. The van der Waals surface area contributed by atoms with Crippen molar-refractivity contribution in [1.82, 2.24) is 4.98 Å². The van der Waals surface area contributed by atoms with Gasteiger partial charge >= 0.3 is 6.18 Å². The molecular formula is C12H7BrF4N2O. The van der Waals surface area contributed by atoms with Gasteiger partial charge in [0.15, 0.2) is 0 Å². The van der Waals surface area contributed by atoms with E-state index in [2.05, 4.69) is 20.9 Å². The molecule has 0 radical (unpaired) electrons. The molecule has 106 valence electrons. The molecule has 0 bridgehead atoms. The Morgan fingerprint density at radius 2 is 1.90 bits per heavy atom. The number of pyridine rings is 1. The molecular weight excluding hydrogens is 344 g/mol. The first-order chi connectivity index (χ1) is 9.27. The summed E-state index contributed by atoms with van der Waals surface area (Å²) in [5, 5.41) is 0. The van der Waals surface area contributed by atoms with Gasteiger partial charge in [-0.3, -0.25) is 0 Å². The van der Waals surface area contributed by atoms with Crippen LogP contribution < -0.4 is 10.5 Å². The quantitative estimate of drug-likeness (QED) is 0.645. The van der Waals surface area contributed by atoms with Gasteiger partial charge in [0.2, 0.25) is 5.88 Å². The maximum absolute atomic E-state index is 13.2. The summed E-state index contributed by atoms with van der Waals surface area (Å²) in [7, 11) is 0.